The molecule has 5 rings (SSSR count). The molecule has 0 radical (unpaired) electrons. The molecule has 3 aromatic carbocycles. The Morgan fingerprint density at radius 1 is 1.04 bits per heavy atom. The highest BCUT2D eigenvalue weighted by atomic mass is 32.2. The second kappa shape index (κ2) is 17.3. The van der Waals surface area contributed by atoms with Gasteiger partial charge in [0.25, 0.3) is 11.9 Å². The third-order valence-electron chi connectivity index (χ3n) is 8.00. The molecule has 51 heavy (non-hydrogen) atoms. The van der Waals surface area contributed by atoms with E-state index in [0.29, 0.717) is 47.9 Å². The standard InChI is InChI=1S/C35H41N3O8S.C2H4O2/c1-23(2)21-44-28-16-26-17-29(18-28)46-27-7-5-6-25(14-27)22-45-32-19-38(13-12-31(32)36-33(39)20-37(3)35(26)41)34(40)15-24-8-10-30(11-9-24)47(4,42)43;1-2(3)4/h5-11,14,16-18,23,31-32H,12-13,15,19-22H2,1-4H3,(H,36,39);1H3,(H,3,4)/t31-,32-;/m0./s1. The molecule has 4 bridgehead atoms. The average Bonchev–Trinajstić information content (AvgIpc) is 3.05. The summed E-state index contributed by atoms with van der Waals surface area (Å²) >= 11 is 0. The summed E-state index contributed by atoms with van der Waals surface area (Å²) in [6.07, 6.45) is 1.18. The fourth-order valence-corrected chi connectivity index (χ4v) is 6.15. The second-order valence-electron chi connectivity index (χ2n) is 13.1. The number of likely N-dealkylation sites (N-methyl/N-ethyl adjacent to an activating group) is 1. The Kier molecular flexibility index (Phi) is 13.2. The lowest BCUT2D eigenvalue weighted by Gasteiger charge is -2.39. The Labute approximate surface area is 298 Å². The van der Waals surface area contributed by atoms with Crippen molar-refractivity contribution >= 4 is 33.5 Å². The van der Waals surface area contributed by atoms with Crippen molar-refractivity contribution in [1.82, 2.24) is 15.1 Å². The van der Waals surface area contributed by atoms with Crippen LogP contribution in [0.2, 0.25) is 0 Å². The number of hydrogen-bond acceptors (Lipinski definition) is 9. The largest absolute Gasteiger partial charge is 0.493 e. The highest BCUT2D eigenvalue weighted by molar-refractivity contribution is 7.90. The van der Waals surface area contributed by atoms with Gasteiger partial charge in [-0.15, -0.1) is 0 Å². The zero-order chi connectivity index (χ0) is 37.3. The summed E-state index contributed by atoms with van der Waals surface area (Å²) in [4.78, 5) is 52.2. The highest BCUT2D eigenvalue weighted by Gasteiger charge is 2.34. The van der Waals surface area contributed by atoms with Crippen molar-refractivity contribution in [1.29, 1.82) is 0 Å². The van der Waals surface area contributed by atoms with E-state index in [9.17, 15) is 22.8 Å². The molecule has 274 valence electrons. The first kappa shape index (κ1) is 38.8. The predicted molar refractivity (Wildman–Crippen MR) is 189 cm³/mol. The van der Waals surface area contributed by atoms with Crippen LogP contribution >= 0.6 is 0 Å². The first-order valence-electron chi connectivity index (χ1n) is 16.5. The van der Waals surface area contributed by atoms with Crippen LogP contribution in [0.1, 0.15) is 48.7 Å². The number of aliphatic carboxylic acids is 1. The lowest BCUT2D eigenvalue weighted by atomic mass is 10.00. The summed E-state index contributed by atoms with van der Waals surface area (Å²) in [5.74, 6) is 0.0800. The van der Waals surface area contributed by atoms with E-state index in [2.05, 4.69) is 5.32 Å². The number of carboxylic acids is 1. The van der Waals surface area contributed by atoms with Crippen LogP contribution in [0.25, 0.3) is 0 Å². The van der Waals surface area contributed by atoms with Crippen molar-refractivity contribution in [2.45, 2.75) is 57.3 Å². The Bertz CT molecular complexity index is 1820. The summed E-state index contributed by atoms with van der Waals surface area (Å²) in [6.45, 7) is 6.30. The molecular formula is C37H45N3O10S. The van der Waals surface area contributed by atoms with E-state index < -0.39 is 28.0 Å². The van der Waals surface area contributed by atoms with Crippen LogP contribution < -0.4 is 14.8 Å². The van der Waals surface area contributed by atoms with E-state index in [1.54, 1.807) is 42.3 Å². The third-order valence-corrected chi connectivity index (χ3v) is 9.13. The highest BCUT2D eigenvalue weighted by Crippen LogP contribution is 2.30. The first-order valence-corrected chi connectivity index (χ1v) is 18.4. The van der Waals surface area contributed by atoms with Crippen LogP contribution in [0, 0.1) is 5.92 Å². The maximum atomic E-state index is 13.5. The van der Waals surface area contributed by atoms with Gasteiger partial charge in [-0.2, -0.15) is 0 Å². The number of ether oxygens (including phenoxy) is 3. The Hall–Kier alpha value is -4.95. The summed E-state index contributed by atoms with van der Waals surface area (Å²) in [5, 5.41) is 10.5. The maximum Gasteiger partial charge on any atom is 0.300 e. The zero-order valence-electron chi connectivity index (χ0n) is 29.5. The summed E-state index contributed by atoms with van der Waals surface area (Å²) in [6, 6.07) is 18.3. The molecule has 2 N–H and O–H groups in total. The number of amides is 3. The number of likely N-dealkylation sites (tertiary alicyclic amines) is 1. The van der Waals surface area contributed by atoms with E-state index in [1.165, 1.54) is 17.0 Å². The summed E-state index contributed by atoms with van der Waals surface area (Å²) < 4.78 is 42.1. The monoisotopic (exact) mass is 723 g/mol. The van der Waals surface area contributed by atoms with Gasteiger partial charge in [-0.3, -0.25) is 19.2 Å². The minimum atomic E-state index is -3.34. The van der Waals surface area contributed by atoms with Crippen molar-refractivity contribution in [3.05, 3.63) is 83.4 Å². The van der Waals surface area contributed by atoms with Gasteiger partial charge >= 0.3 is 0 Å². The van der Waals surface area contributed by atoms with Crippen LogP contribution in [0.4, 0.5) is 0 Å². The van der Waals surface area contributed by atoms with Crippen LogP contribution in [0.15, 0.2) is 71.6 Å². The van der Waals surface area contributed by atoms with Crippen molar-refractivity contribution in [3.63, 3.8) is 0 Å². The SMILES string of the molecule is CC(=O)O.CC(C)COc1cc2cc(c1)C(=O)N(C)CC(=O)N[C@H]1CCN(C(=O)Cc3ccc(S(C)(=O)=O)cc3)C[C@@H]1OCc1cccc(c1)O2. The number of piperidine rings is 1. The van der Waals surface area contributed by atoms with Gasteiger partial charge in [-0.1, -0.05) is 38.1 Å². The number of benzene rings is 3. The molecule has 3 amide bonds. The molecule has 0 aliphatic carbocycles. The van der Waals surface area contributed by atoms with E-state index in [4.69, 9.17) is 24.1 Å². The molecule has 13 nitrogen and oxygen atoms in total. The smallest absolute Gasteiger partial charge is 0.300 e. The lowest BCUT2D eigenvalue weighted by Crippen LogP contribution is -2.57. The molecule has 0 saturated carbocycles. The molecule has 1 saturated heterocycles. The minimum absolute atomic E-state index is 0.102. The van der Waals surface area contributed by atoms with Crippen LogP contribution in [-0.2, 0) is 42.0 Å². The fraction of sp³-hybridized carbons (Fsp3) is 0.405. The molecule has 0 unspecified atom stereocenters. The topological polar surface area (TPSA) is 169 Å². The maximum absolute atomic E-state index is 13.5. The molecule has 1 fully saturated rings. The lowest BCUT2D eigenvalue weighted by molar-refractivity contribution is -0.137. The summed E-state index contributed by atoms with van der Waals surface area (Å²) in [7, 11) is -1.77. The fourth-order valence-electron chi connectivity index (χ4n) is 5.52. The molecule has 2 aliphatic rings. The van der Waals surface area contributed by atoms with E-state index in [-0.39, 0.29) is 54.7 Å². The first-order chi connectivity index (χ1) is 24.1. The molecule has 2 atom stereocenters. The van der Waals surface area contributed by atoms with Gasteiger partial charge < -0.3 is 34.4 Å². The number of carbonyl (C=O) groups excluding carboxylic acids is 3. The number of nitrogens with one attached hydrogen (secondary N) is 1. The van der Waals surface area contributed by atoms with Crippen LogP contribution in [0.3, 0.4) is 0 Å². The number of carbonyl (C=O) groups is 4. The van der Waals surface area contributed by atoms with Gasteiger partial charge in [0, 0.05) is 44.9 Å². The number of hydrogen-bond donors (Lipinski definition) is 2. The van der Waals surface area contributed by atoms with Crippen molar-refractivity contribution < 1.29 is 46.9 Å². The zero-order valence-corrected chi connectivity index (χ0v) is 30.3. The van der Waals surface area contributed by atoms with Gasteiger partial charge in [-0.25, -0.2) is 8.42 Å². The molecule has 3 aromatic rings. The number of rotatable bonds is 6. The number of carboxylic acid groups (broad SMARTS) is 1. The van der Waals surface area contributed by atoms with E-state index >= 15 is 0 Å². The van der Waals surface area contributed by atoms with Crippen LogP contribution in [0.5, 0.6) is 17.2 Å². The Morgan fingerprint density at radius 3 is 2.41 bits per heavy atom. The van der Waals surface area contributed by atoms with Gasteiger partial charge in [0.15, 0.2) is 9.84 Å². The van der Waals surface area contributed by atoms with Crippen LogP contribution in [-0.4, -0.2) is 98.7 Å². The molecule has 14 heteroatoms. The Morgan fingerprint density at radius 2 is 1.75 bits per heavy atom. The molecule has 0 spiro atoms. The predicted octanol–water partition coefficient (Wildman–Crippen LogP) is 3.94. The van der Waals surface area contributed by atoms with E-state index in [0.717, 1.165) is 18.7 Å². The summed E-state index contributed by atoms with van der Waals surface area (Å²) in [5.41, 5.74) is 1.86. The molecule has 2 aliphatic heterocycles. The normalized spacial score (nSPS) is 18.1. The van der Waals surface area contributed by atoms with E-state index in [1.807, 2.05) is 38.1 Å². The van der Waals surface area contributed by atoms with Crippen molar-refractivity contribution in [3.8, 4) is 17.2 Å². The number of nitrogens with zero attached hydrogens (tertiary/aromatic N) is 2. The third kappa shape index (κ3) is 11.8. The van der Waals surface area contributed by atoms with Gasteiger partial charge in [0.1, 0.15) is 17.2 Å². The molecule has 0 aromatic heterocycles. The van der Waals surface area contributed by atoms with Gasteiger partial charge in [0.2, 0.25) is 11.8 Å². The molecule has 2 heterocycles. The van der Waals surface area contributed by atoms with Crippen molar-refractivity contribution in [2.75, 3.05) is 39.5 Å². The number of sulfone groups is 1. The quantitative estimate of drug-likeness (QED) is 0.380. The Balaban J connectivity index is 0.00000138. The molecular weight excluding hydrogens is 678 g/mol. The van der Waals surface area contributed by atoms with Gasteiger partial charge in [0.05, 0.1) is 43.2 Å². The second-order valence-corrected chi connectivity index (χ2v) is 15.1. The van der Waals surface area contributed by atoms with Gasteiger partial charge in [-0.05, 0) is 59.9 Å². The van der Waals surface area contributed by atoms with Crippen molar-refractivity contribution in [2.24, 2.45) is 5.92 Å². The average molecular weight is 724 g/mol. The minimum Gasteiger partial charge on any atom is -0.493 e. The number of fused-ring (bicyclic) bond motifs is 5.